The molecule has 1 heterocycles. The lowest BCUT2D eigenvalue weighted by molar-refractivity contribution is 0.661. The van der Waals surface area contributed by atoms with Crippen molar-refractivity contribution in [2.45, 2.75) is 33.1 Å². The quantitative estimate of drug-likeness (QED) is 0.635. The van der Waals surface area contributed by atoms with Gasteiger partial charge < -0.3 is 4.57 Å². The van der Waals surface area contributed by atoms with E-state index in [0.717, 1.165) is 0 Å². The molecule has 0 spiro atoms. The molecule has 0 aromatic carbocycles. The highest BCUT2D eigenvalue weighted by atomic mass is 15.0. The maximum Gasteiger partial charge on any atom is 0.0948 e. The first-order valence-electron chi connectivity index (χ1n) is 4.14. The summed E-state index contributed by atoms with van der Waals surface area (Å²) in [4.78, 5) is 4.25. The van der Waals surface area contributed by atoms with E-state index in [2.05, 4.69) is 37.4 Å². The fourth-order valence-corrected chi connectivity index (χ4v) is 1.45. The second kappa shape index (κ2) is 3.07. The van der Waals surface area contributed by atoms with E-state index >= 15 is 0 Å². The molecule has 0 saturated carbocycles. The summed E-state index contributed by atoms with van der Waals surface area (Å²) in [5.41, 5.74) is 2.54. The monoisotopic (exact) mass is 152 g/mol. The standard InChI is InChI=1S/C9H16N2/c1-5-7(2)9-8(3)10-6-11(9)4/h6-7H,5H2,1-4H3. The van der Waals surface area contributed by atoms with Gasteiger partial charge in [-0.2, -0.15) is 0 Å². The molecule has 62 valence electrons. The van der Waals surface area contributed by atoms with Gasteiger partial charge in [0.15, 0.2) is 0 Å². The zero-order valence-corrected chi connectivity index (χ0v) is 7.76. The number of nitrogens with zero attached hydrogens (tertiary/aromatic N) is 2. The molecule has 0 radical (unpaired) electrons. The molecule has 2 heteroatoms. The maximum atomic E-state index is 4.25. The van der Waals surface area contributed by atoms with Crippen molar-refractivity contribution in [3.05, 3.63) is 17.7 Å². The minimum atomic E-state index is 0.627. The van der Waals surface area contributed by atoms with Crippen LogP contribution in [0.1, 0.15) is 37.6 Å². The number of imidazole rings is 1. The molecule has 2 nitrogen and oxygen atoms in total. The summed E-state index contributed by atoms with van der Waals surface area (Å²) in [5, 5.41) is 0. The number of rotatable bonds is 2. The molecular weight excluding hydrogens is 136 g/mol. The van der Waals surface area contributed by atoms with Crippen LogP contribution in [0.2, 0.25) is 0 Å². The van der Waals surface area contributed by atoms with E-state index in [1.807, 2.05) is 6.33 Å². The SMILES string of the molecule is CCC(C)c1c(C)ncn1C. The summed E-state index contributed by atoms with van der Waals surface area (Å²) in [5.74, 6) is 0.627. The number of hydrogen-bond donors (Lipinski definition) is 0. The molecular formula is C9H16N2. The van der Waals surface area contributed by atoms with Crippen LogP contribution < -0.4 is 0 Å². The van der Waals surface area contributed by atoms with Crippen molar-refractivity contribution in [2.24, 2.45) is 7.05 Å². The van der Waals surface area contributed by atoms with E-state index < -0.39 is 0 Å². The highest BCUT2D eigenvalue weighted by Crippen LogP contribution is 2.20. The van der Waals surface area contributed by atoms with Crippen molar-refractivity contribution < 1.29 is 0 Å². The Morgan fingerprint density at radius 2 is 2.27 bits per heavy atom. The first kappa shape index (κ1) is 8.31. The van der Waals surface area contributed by atoms with Gasteiger partial charge in [0.05, 0.1) is 12.0 Å². The maximum absolute atomic E-state index is 4.25. The van der Waals surface area contributed by atoms with Gasteiger partial charge >= 0.3 is 0 Å². The third-order valence-corrected chi connectivity index (χ3v) is 2.25. The van der Waals surface area contributed by atoms with Gasteiger partial charge in [0, 0.05) is 12.7 Å². The largest absolute Gasteiger partial charge is 0.337 e. The average molecular weight is 152 g/mol. The molecule has 0 N–H and O–H groups in total. The Labute approximate surface area is 68.3 Å². The van der Waals surface area contributed by atoms with Gasteiger partial charge in [-0.3, -0.25) is 0 Å². The predicted octanol–water partition coefficient (Wildman–Crippen LogP) is 2.24. The molecule has 1 aromatic heterocycles. The van der Waals surface area contributed by atoms with Crippen LogP contribution in [-0.4, -0.2) is 9.55 Å². The van der Waals surface area contributed by atoms with Crippen LogP contribution >= 0.6 is 0 Å². The molecule has 1 atom stereocenters. The molecule has 1 rings (SSSR count). The van der Waals surface area contributed by atoms with Crippen LogP contribution in [0.5, 0.6) is 0 Å². The van der Waals surface area contributed by atoms with Gasteiger partial charge in [-0.15, -0.1) is 0 Å². The molecule has 0 aliphatic rings. The Morgan fingerprint density at radius 1 is 1.64 bits per heavy atom. The van der Waals surface area contributed by atoms with E-state index in [9.17, 15) is 0 Å². The molecule has 1 unspecified atom stereocenters. The average Bonchev–Trinajstić information content (AvgIpc) is 2.30. The highest BCUT2D eigenvalue weighted by Gasteiger charge is 2.10. The first-order chi connectivity index (χ1) is 5.16. The Morgan fingerprint density at radius 3 is 2.64 bits per heavy atom. The minimum absolute atomic E-state index is 0.627. The molecule has 11 heavy (non-hydrogen) atoms. The van der Waals surface area contributed by atoms with Crippen molar-refractivity contribution in [1.29, 1.82) is 0 Å². The number of aryl methyl sites for hydroxylation is 2. The fourth-order valence-electron chi connectivity index (χ4n) is 1.45. The normalized spacial score (nSPS) is 13.5. The third kappa shape index (κ3) is 1.44. The van der Waals surface area contributed by atoms with E-state index in [0.29, 0.717) is 5.92 Å². The Kier molecular flexibility index (Phi) is 2.32. The summed E-state index contributed by atoms with van der Waals surface area (Å²) < 4.78 is 2.11. The van der Waals surface area contributed by atoms with Gasteiger partial charge in [0.2, 0.25) is 0 Å². The van der Waals surface area contributed by atoms with Crippen molar-refractivity contribution in [3.63, 3.8) is 0 Å². The Hall–Kier alpha value is -0.790. The van der Waals surface area contributed by atoms with Crippen molar-refractivity contribution in [2.75, 3.05) is 0 Å². The zero-order valence-electron chi connectivity index (χ0n) is 7.76. The van der Waals surface area contributed by atoms with Gasteiger partial charge in [0.1, 0.15) is 0 Å². The molecule has 0 aliphatic carbocycles. The van der Waals surface area contributed by atoms with Crippen molar-refractivity contribution in [1.82, 2.24) is 9.55 Å². The third-order valence-electron chi connectivity index (χ3n) is 2.25. The number of hydrogen-bond acceptors (Lipinski definition) is 1. The van der Waals surface area contributed by atoms with Crippen molar-refractivity contribution in [3.8, 4) is 0 Å². The van der Waals surface area contributed by atoms with Crippen LogP contribution in [0.4, 0.5) is 0 Å². The highest BCUT2D eigenvalue weighted by molar-refractivity contribution is 5.15. The van der Waals surface area contributed by atoms with Gasteiger partial charge in [-0.1, -0.05) is 13.8 Å². The zero-order chi connectivity index (χ0) is 8.43. The summed E-state index contributed by atoms with van der Waals surface area (Å²) >= 11 is 0. The summed E-state index contributed by atoms with van der Waals surface area (Å²) in [7, 11) is 2.06. The smallest absolute Gasteiger partial charge is 0.0948 e. The molecule has 0 fully saturated rings. The molecule has 0 amide bonds. The van der Waals surface area contributed by atoms with Crippen molar-refractivity contribution >= 4 is 0 Å². The minimum Gasteiger partial charge on any atom is -0.337 e. The molecule has 0 aliphatic heterocycles. The van der Waals surface area contributed by atoms with E-state index in [-0.39, 0.29) is 0 Å². The molecule has 0 saturated heterocycles. The molecule has 0 bridgehead atoms. The Bertz CT molecular complexity index is 218. The lowest BCUT2D eigenvalue weighted by Gasteiger charge is -2.09. The lowest BCUT2D eigenvalue weighted by atomic mass is 10.0. The first-order valence-corrected chi connectivity index (χ1v) is 4.14. The van der Waals surface area contributed by atoms with E-state index in [1.54, 1.807) is 0 Å². The predicted molar refractivity (Wildman–Crippen MR) is 46.7 cm³/mol. The number of aromatic nitrogens is 2. The van der Waals surface area contributed by atoms with Crippen LogP contribution in [0.25, 0.3) is 0 Å². The second-order valence-corrected chi connectivity index (χ2v) is 3.14. The van der Waals surface area contributed by atoms with Gasteiger partial charge in [-0.25, -0.2) is 4.98 Å². The van der Waals surface area contributed by atoms with Crippen LogP contribution in [0.15, 0.2) is 6.33 Å². The summed E-state index contributed by atoms with van der Waals surface area (Å²) in [6.07, 6.45) is 3.07. The van der Waals surface area contributed by atoms with Gasteiger partial charge in [0.25, 0.3) is 0 Å². The lowest BCUT2D eigenvalue weighted by Crippen LogP contribution is -2.01. The van der Waals surface area contributed by atoms with Crippen LogP contribution in [-0.2, 0) is 7.05 Å². The van der Waals surface area contributed by atoms with Crippen LogP contribution in [0, 0.1) is 6.92 Å². The molecule has 1 aromatic rings. The summed E-state index contributed by atoms with van der Waals surface area (Å²) in [6, 6.07) is 0. The fraction of sp³-hybridized carbons (Fsp3) is 0.667. The second-order valence-electron chi connectivity index (χ2n) is 3.14. The van der Waals surface area contributed by atoms with Crippen LogP contribution in [0.3, 0.4) is 0 Å². The van der Waals surface area contributed by atoms with E-state index in [4.69, 9.17) is 0 Å². The van der Waals surface area contributed by atoms with Gasteiger partial charge in [-0.05, 0) is 19.3 Å². The summed E-state index contributed by atoms with van der Waals surface area (Å²) in [6.45, 7) is 6.52. The Balaban J connectivity index is 3.00. The van der Waals surface area contributed by atoms with E-state index in [1.165, 1.54) is 17.8 Å². The topological polar surface area (TPSA) is 17.8 Å².